The van der Waals surface area contributed by atoms with Gasteiger partial charge in [0.05, 0.1) is 40.4 Å². The highest BCUT2D eigenvalue weighted by atomic mass is 19.1. The van der Waals surface area contributed by atoms with Crippen LogP contribution in [0.15, 0.2) is 87.3 Å². The summed E-state index contributed by atoms with van der Waals surface area (Å²) in [6.45, 7) is 12.7. The fourth-order valence-electron chi connectivity index (χ4n) is 10.5. The van der Waals surface area contributed by atoms with Crippen LogP contribution in [-0.2, 0) is 16.7 Å². The van der Waals surface area contributed by atoms with Crippen molar-refractivity contribution in [2.75, 3.05) is 13.2 Å². The number of hydrogen-bond acceptors (Lipinski definition) is 8. The van der Waals surface area contributed by atoms with E-state index in [0.717, 1.165) is 40.3 Å². The van der Waals surface area contributed by atoms with E-state index in [1.807, 2.05) is 36.1 Å². The molecule has 1 aliphatic carbocycles. The Labute approximate surface area is 360 Å². The van der Waals surface area contributed by atoms with Gasteiger partial charge in [-0.1, -0.05) is 18.1 Å². The molecule has 2 N–H and O–H groups in total. The van der Waals surface area contributed by atoms with Gasteiger partial charge in [-0.05, 0) is 131 Å². The first-order chi connectivity index (χ1) is 30.2. The number of benzene rings is 3. The molecule has 2 aliphatic heterocycles. The Morgan fingerprint density at radius 1 is 0.937 bits per heavy atom. The Bertz CT molecular complexity index is 3260. The molecule has 0 bridgehead atoms. The number of fused-ring (bicyclic) bond motifs is 3. The molecule has 7 heterocycles. The predicted octanol–water partition coefficient (Wildman–Crippen LogP) is 7.29. The molecule has 0 spiro atoms. The third-order valence-electron chi connectivity index (χ3n) is 13.8. The monoisotopic (exact) mass is 850 g/mol. The second kappa shape index (κ2) is 13.8. The lowest BCUT2D eigenvalue weighted by Crippen LogP contribution is -2.41. The number of rotatable bonds is 7. The summed E-state index contributed by atoms with van der Waals surface area (Å²) in [5.74, 6) is -0.0244. The topological polar surface area (TPSA) is 167 Å². The standard InChI is InChI=1S/C47H47FN10O5/c1-25-17-34(18-26(2)40(25)48)58-41(56-15-14-55(45(56)61)33-8-9-35-32(20-33)24-49-51-35)39-28(4)54(13-11-36(39)52-58)42(59)38-21-31-19-29(30-12-16-62-46(5,6)23-30)7-10-37(31)57(38)47(22-27(47)3)43-50-44(60)63-53-43/h7-10,14-15,17-21,24,27-28,30H,11-13,16,22-23H2,1-6H3,(H,49,51)(H,50,53,60)/t27-,28-,30+,47-/m0/s1. The fourth-order valence-corrected chi connectivity index (χ4v) is 10.5. The molecule has 15 nitrogen and oxygen atoms in total. The van der Waals surface area contributed by atoms with Gasteiger partial charge in [0.25, 0.3) is 5.91 Å². The zero-order valence-electron chi connectivity index (χ0n) is 35.9. The predicted molar refractivity (Wildman–Crippen MR) is 233 cm³/mol. The third kappa shape index (κ3) is 6.01. The van der Waals surface area contributed by atoms with Gasteiger partial charge in [-0.25, -0.2) is 18.7 Å². The summed E-state index contributed by atoms with van der Waals surface area (Å²) in [6, 6.07) is 16.9. The maximum atomic E-state index is 15.5. The zero-order valence-corrected chi connectivity index (χ0v) is 35.9. The first-order valence-corrected chi connectivity index (χ1v) is 21.5. The lowest BCUT2D eigenvalue weighted by molar-refractivity contribution is -0.0592. The van der Waals surface area contributed by atoms with E-state index in [1.165, 1.54) is 5.56 Å². The van der Waals surface area contributed by atoms with Gasteiger partial charge in [-0.15, -0.1) is 0 Å². The Morgan fingerprint density at radius 2 is 1.71 bits per heavy atom. The van der Waals surface area contributed by atoms with Crippen LogP contribution in [-0.4, -0.2) is 73.4 Å². The number of H-pyrrole nitrogens is 2. The number of nitrogens with one attached hydrogen (secondary N) is 2. The quantitative estimate of drug-likeness (QED) is 0.169. The highest BCUT2D eigenvalue weighted by molar-refractivity contribution is 6.00. The van der Waals surface area contributed by atoms with Gasteiger partial charge >= 0.3 is 11.4 Å². The van der Waals surface area contributed by atoms with Crippen LogP contribution in [0.1, 0.15) is 103 Å². The minimum absolute atomic E-state index is 0.0272. The number of imidazole rings is 1. The van der Waals surface area contributed by atoms with E-state index in [-0.39, 0.29) is 34.9 Å². The minimum atomic E-state index is -0.824. The van der Waals surface area contributed by atoms with Crippen LogP contribution >= 0.6 is 0 Å². The molecule has 0 unspecified atom stereocenters. The van der Waals surface area contributed by atoms with E-state index in [1.54, 1.807) is 58.4 Å². The maximum Gasteiger partial charge on any atom is 0.438 e. The summed E-state index contributed by atoms with van der Waals surface area (Å²) in [4.78, 5) is 47.2. The van der Waals surface area contributed by atoms with Gasteiger partial charge in [0, 0.05) is 53.8 Å². The van der Waals surface area contributed by atoms with Gasteiger partial charge < -0.3 is 14.2 Å². The smallest absolute Gasteiger partial charge is 0.376 e. The molecule has 1 saturated heterocycles. The van der Waals surface area contributed by atoms with Crippen LogP contribution in [0, 0.1) is 25.6 Å². The van der Waals surface area contributed by atoms with Crippen molar-refractivity contribution in [3.63, 3.8) is 0 Å². The summed E-state index contributed by atoms with van der Waals surface area (Å²) in [5.41, 5.74) is 5.50. The molecule has 3 aromatic carbocycles. The molecule has 5 aromatic heterocycles. The van der Waals surface area contributed by atoms with Gasteiger partial charge in [0.15, 0.2) is 5.82 Å². The number of aromatic nitrogens is 9. The Kier molecular flexibility index (Phi) is 8.59. The highest BCUT2D eigenvalue weighted by Crippen LogP contribution is 2.56. The van der Waals surface area contributed by atoms with Crippen molar-refractivity contribution in [2.45, 2.75) is 90.3 Å². The summed E-state index contributed by atoms with van der Waals surface area (Å²) < 4.78 is 33.1. The fraction of sp³-hybridized carbons (Fsp3) is 0.362. The molecule has 16 heteroatoms. The van der Waals surface area contributed by atoms with E-state index in [4.69, 9.17) is 14.4 Å². The normalized spacial score (nSPS) is 22.0. The summed E-state index contributed by atoms with van der Waals surface area (Å²) in [5, 5.41) is 18.2. The van der Waals surface area contributed by atoms with Crippen LogP contribution in [0.25, 0.3) is 39.0 Å². The molecule has 2 fully saturated rings. The molecular weight excluding hydrogens is 804 g/mol. The highest BCUT2D eigenvalue weighted by Gasteiger charge is 2.59. The Hall–Kier alpha value is -6.81. The van der Waals surface area contributed by atoms with Crippen molar-refractivity contribution in [1.29, 1.82) is 0 Å². The molecule has 1 amide bonds. The van der Waals surface area contributed by atoms with Crippen LogP contribution in [0.5, 0.6) is 0 Å². The molecule has 322 valence electrons. The first kappa shape index (κ1) is 39.1. The van der Waals surface area contributed by atoms with Gasteiger partial charge in [-0.2, -0.15) is 10.2 Å². The van der Waals surface area contributed by atoms with Crippen LogP contribution < -0.4 is 11.4 Å². The molecular formula is C47H47FN10O5. The van der Waals surface area contributed by atoms with Crippen molar-refractivity contribution < 1.29 is 18.4 Å². The van der Waals surface area contributed by atoms with E-state index < -0.39 is 17.3 Å². The first-order valence-electron chi connectivity index (χ1n) is 21.5. The number of carbonyl (C=O) groups is 1. The largest absolute Gasteiger partial charge is 0.438 e. The van der Waals surface area contributed by atoms with Crippen molar-refractivity contribution >= 4 is 27.7 Å². The Morgan fingerprint density at radius 3 is 2.44 bits per heavy atom. The molecule has 8 aromatic rings. The number of ether oxygens (including phenoxy) is 1. The van der Waals surface area contributed by atoms with Gasteiger partial charge in [0.1, 0.15) is 22.9 Å². The maximum absolute atomic E-state index is 15.5. The van der Waals surface area contributed by atoms with Gasteiger partial charge in [-0.3, -0.25) is 28.5 Å². The zero-order chi connectivity index (χ0) is 43.7. The van der Waals surface area contributed by atoms with E-state index in [0.29, 0.717) is 71.4 Å². The lowest BCUT2D eigenvalue weighted by atomic mass is 9.83. The molecule has 1 saturated carbocycles. The minimum Gasteiger partial charge on any atom is -0.376 e. The van der Waals surface area contributed by atoms with E-state index >= 15 is 9.18 Å². The number of halogens is 1. The number of hydrogen-bond donors (Lipinski definition) is 2. The summed E-state index contributed by atoms with van der Waals surface area (Å²) in [6.07, 6.45) is 7.94. The van der Waals surface area contributed by atoms with Crippen molar-refractivity contribution in [3.05, 3.63) is 140 Å². The van der Waals surface area contributed by atoms with Gasteiger partial charge in [0.2, 0.25) is 0 Å². The summed E-state index contributed by atoms with van der Waals surface area (Å²) >= 11 is 0. The third-order valence-corrected chi connectivity index (χ3v) is 13.8. The number of carbonyl (C=O) groups excluding carboxylic acids is 1. The molecule has 3 aliphatic rings. The molecule has 63 heavy (non-hydrogen) atoms. The summed E-state index contributed by atoms with van der Waals surface area (Å²) in [7, 11) is 0. The number of aryl methyl sites for hydroxylation is 2. The van der Waals surface area contributed by atoms with Crippen LogP contribution in [0.3, 0.4) is 0 Å². The van der Waals surface area contributed by atoms with Crippen molar-refractivity contribution in [1.82, 2.24) is 48.7 Å². The van der Waals surface area contributed by atoms with E-state index in [9.17, 15) is 9.59 Å². The van der Waals surface area contributed by atoms with Crippen LogP contribution in [0.2, 0.25) is 0 Å². The van der Waals surface area contributed by atoms with Crippen molar-refractivity contribution in [2.24, 2.45) is 5.92 Å². The average molecular weight is 851 g/mol. The van der Waals surface area contributed by atoms with Crippen molar-refractivity contribution in [3.8, 4) is 17.2 Å². The second-order valence-electron chi connectivity index (χ2n) is 18.3. The SMILES string of the molecule is Cc1cc(-n2nc3c(c2-n2ccn(-c4ccc5[nH]ncc5c4)c2=O)[C@H](C)N(C(=O)c2cc4cc([C@@H]5CCOC(C)(C)C5)ccc4n2[C@@]2(c4noc(=O)[nH]4)C[C@@H]2C)CC3)cc(C)c1F. The number of nitrogens with zero attached hydrogens (tertiary/aromatic N) is 8. The lowest BCUT2D eigenvalue weighted by Gasteiger charge is -2.35. The number of amides is 1. The van der Waals surface area contributed by atoms with Crippen LogP contribution in [0.4, 0.5) is 4.39 Å². The molecule has 4 atom stereocenters. The molecule has 0 radical (unpaired) electrons. The molecule has 11 rings (SSSR count). The second-order valence-corrected chi connectivity index (χ2v) is 18.3. The average Bonchev–Trinajstić information content (AvgIpc) is 3.92. The number of aromatic amines is 2. The van der Waals surface area contributed by atoms with E-state index in [2.05, 4.69) is 63.9 Å². The Balaban J connectivity index is 1.06.